The predicted octanol–water partition coefficient (Wildman–Crippen LogP) is 1.32. The number of nitrogens with one attached hydrogen (secondary N) is 1. The first-order valence-electron chi connectivity index (χ1n) is 8.42. The zero-order valence-electron chi connectivity index (χ0n) is 14.1. The first-order chi connectivity index (χ1) is 11.1. The van der Waals surface area contributed by atoms with Crippen molar-refractivity contribution in [2.24, 2.45) is 5.92 Å². The number of likely N-dealkylation sites (N-methyl/N-ethyl adjacent to an activating group) is 1. The van der Waals surface area contributed by atoms with Crippen LogP contribution in [0.25, 0.3) is 0 Å². The normalized spacial score (nSPS) is 21.9. The number of piperidine rings is 1. The molecule has 2 heterocycles. The lowest BCUT2D eigenvalue weighted by Gasteiger charge is -2.38. The summed E-state index contributed by atoms with van der Waals surface area (Å²) in [6.07, 6.45) is 2.77. The lowest BCUT2D eigenvalue weighted by atomic mass is 9.94. The highest BCUT2D eigenvalue weighted by atomic mass is 16.3. The van der Waals surface area contributed by atoms with Crippen molar-refractivity contribution in [1.82, 2.24) is 20.1 Å². The van der Waals surface area contributed by atoms with E-state index in [1.54, 1.807) is 4.90 Å². The molecule has 6 nitrogen and oxygen atoms in total. The Bertz CT molecular complexity index is 483. The van der Waals surface area contributed by atoms with Crippen molar-refractivity contribution in [3.05, 3.63) is 30.1 Å². The molecule has 0 aliphatic carbocycles. The second-order valence-electron chi connectivity index (χ2n) is 6.18. The number of aliphatic hydroxyl groups is 1. The largest absolute Gasteiger partial charge is 0.395 e. The fraction of sp³-hybridized carbons (Fsp3) is 0.647. The number of rotatable bonds is 6. The summed E-state index contributed by atoms with van der Waals surface area (Å²) in [7, 11) is 0. The van der Waals surface area contributed by atoms with Gasteiger partial charge in [-0.15, -0.1) is 0 Å². The van der Waals surface area contributed by atoms with E-state index in [4.69, 9.17) is 5.11 Å². The number of aromatic nitrogens is 1. The first-order valence-corrected chi connectivity index (χ1v) is 8.42. The fourth-order valence-electron chi connectivity index (χ4n) is 3.08. The molecule has 1 fully saturated rings. The van der Waals surface area contributed by atoms with Crippen molar-refractivity contribution < 1.29 is 9.90 Å². The van der Waals surface area contributed by atoms with Crippen LogP contribution in [0.3, 0.4) is 0 Å². The van der Waals surface area contributed by atoms with Crippen LogP contribution >= 0.6 is 0 Å². The summed E-state index contributed by atoms with van der Waals surface area (Å²) in [6.45, 7) is 7.86. The van der Waals surface area contributed by atoms with Gasteiger partial charge in [0.1, 0.15) is 0 Å². The van der Waals surface area contributed by atoms with Crippen molar-refractivity contribution in [1.29, 1.82) is 0 Å². The summed E-state index contributed by atoms with van der Waals surface area (Å²) < 4.78 is 0. The topological polar surface area (TPSA) is 68.7 Å². The van der Waals surface area contributed by atoms with E-state index in [-0.39, 0.29) is 18.7 Å². The van der Waals surface area contributed by atoms with Gasteiger partial charge >= 0.3 is 6.03 Å². The van der Waals surface area contributed by atoms with Crippen molar-refractivity contribution in [3.8, 4) is 0 Å². The van der Waals surface area contributed by atoms with Crippen molar-refractivity contribution >= 4 is 6.03 Å². The minimum absolute atomic E-state index is 0.000661. The van der Waals surface area contributed by atoms with Crippen LogP contribution in [0.4, 0.5) is 4.79 Å². The summed E-state index contributed by atoms with van der Waals surface area (Å²) in [5.74, 6) is 0.393. The molecule has 23 heavy (non-hydrogen) atoms. The van der Waals surface area contributed by atoms with Gasteiger partial charge in [0.15, 0.2) is 0 Å². The smallest absolute Gasteiger partial charge is 0.317 e. The number of hydrogen-bond acceptors (Lipinski definition) is 4. The van der Waals surface area contributed by atoms with Crippen molar-refractivity contribution in [3.63, 3.8) is 0 Å². The van der Waals surface area contributed by atoms with Gasteiger partial charge in [-0.2, -0.15) is 0 Å². The van der Waals surface area contributed by atoms with Crippen LogP contribution in [0.5, 0.6) is 0 Å². The molecule has 128 valence electrons. The number of nitrogens with zero attached hydrogens (tertiary/aromatic N) is 3. The van der Waals surface area contributed by atoms with Gasteiger partial charge in [0.05, 0.1) is 12.3 Å². The molecule has 2 atom stereocenters. The highest BCUT2D eigenvalue weighted by Crippen LogP contribution is 2.18. The second kappa shape index (κ2) is 8.84. The zero-order chi connectivity index (χ0) is 16.7. The lowest BCUT2D eigenvalue weighted by Crippen LogP contribution is -2.53. The third-order valence-electron chi connectivity index (χ3n) is 4.45. The van der Waals surface area contributed by atoms with Gasteiger partial charge in [-0.1, -0.05) is 13.0 Å². The molecule has 1 aromatic rings. The molecule has 0 bridgehead atoms. The number of hydrogen-bond donors (Lipinski definition) is 2. The Morgan fingerprint density at radius 1 is 1.52 bits per heavy atom. The van der Waals surface area contributed by atoms with Gasteiger partial charge in [0.2, 0.25) is 0 Å². The maximum Gasteiger partial charge on any atom is 0.317 e. The number of amides is 2. The van der Waals surface area contributed by atoms with Crippen molar-refractivity contribution in [2.75, 3.05) is 32.8 Å². The molecule has 1 aromatic heterocycles. The Hall–Kier alpha value is -1.66. The van der Waals surface area contributed by atoms with Crippen molar-refractivity contribution in [2.45, 2.75) is 32.9 Å². The Morgan fingerprint density at radius 2 is 2.35 bits per heavy atom. The summed E-state index contributed by atoms with van der Waals surface area (Å²) >= 11 is 0. The predicted molar refractivity (Wildman–Crippen MR) is 89.9 cm³/mol. The number of likely N-dealkylation sites (tertiary alicyclic amines) is 1. The summed E-state index contributed by atoms with van der Waals surface area (Å²) in [4.78, 5) is 20.6. The molecule has 2 amide bonds. The highest BCUT2D eigenvalue weighted by molar-refractivity contribution is 5.74. The van der Waals surface area contributed by atoms with Crippen LogP contribution < -0.4 is 5.32 Å². The van der Waals surface area contributed by atoms with E-state index in [1.165, 1.54) is 0 Å². The quantitative estimate of drug-likeness (QED) is 0.829. The van der Waals surface area contributed by atoms with Gasteiger partial charge in [0, 0.05) is 45.0 Å². The van der Waals surface area contributed by atoms with Gasteiger partial charge < -0.3 is 15.3 Å². The van der Waals surface area contributed by atoms with Crippen LogP contribution in [-0.2, 0) is 6.54 Å². The van der Waals surface area contributed by atoms with E-state index < -0.39 is 0 Å². The van der Waals surface area contributed by atoms with E-state index in [2.05, 4.69) is 22.1 Å². The lowest BCUT2D eigenvalue weighted by molar-refractivity contribution is 0.130. The van der Waals surface area contributed by atoms with Crippen LogP contribution in [0.15, 0.2) is 24.4 Å². The monoisotopic (exact) mass is 320 g/mol. The zero-order valence-corrected chi connectivity index (χ0v) is 14.1. The summed E-state index contributed by atoms with van der Waals surface area (Å²) in [6, 6.07) is 6.11. The molecular weight excluding hydrogens is 292 g/mol. The van der Waals surface area contributed by atoms with Crippen LogP contribution in [-0.4, -0.2) is 64.7 Å². The minimum atomic E-state index is -0.0726. The van der Waals surface area contributed by atoms with Crippen LogP contribution in [0.2, 0.25) is 0 Å². The second-order valence-corrected chi connectivity index (χ2v) is 6.18. The van der Waals surface area contributed by atoms with Crippen LogP contribution in [0.1, 0.15) is 26.0 Å². The maximum atomic E-state index is 12.2. The molecule has 0 radical (unpaired) electrons. The standard InChI is InChI=1S/C17H28N4O2/c1-3-21(10-11-22)17(23)19-16-7-9-20(12-14(16)2)13-15-6-4-5-8-18-15/h4-6,8,14,16,22H,3,7,9-13H2,1-2H3,(H,19,23). The molecule has 6 heteroatoms. The molecule has 1 aliphatic rings. The van der Waals surface area contributed by atoms with E-state index in [1.807, 2.05) is 31.3 Å². The van der Waals surface area contributed by atoms with E-state index >= 15 is 0 Å². The number of carbonyl (C=O) groups excluding carboxylic acids is 1. The first kappa shape index (κ1) is 17.7. The average molecular weight is 320 g/mol. The number of urea groups is 1. The molecule has 2 N–H and O–H groups in total. The Kier molecular flexibility index (Phi) is 6.80. The summed E-state index contributed by atoms with van der Waals surface area (Å²) in [5.41, 5.74) is 1.09. The molecule has 2 rings (SSSR count). The fourth-order valence-corrected chi connectivity index (χ4v) is 3.08. The highest BCUT2D eigenvalue weighted by Gasteiger charge is 2.28. The number of carbonyl (C=O) groups is 1. The van der Waals surface area contributed by atoms with E-state index in [9.17, 15) is 4.79 Å². The van der Waals surface area contributed by atoms with Crippen LogP contribution in [0, 0.1) is 5.92 Å². The molecule has 1 saturated heterocycles. The van der Waals surface area contributed by atoms with E-state index in [0.29, 0.717) is 19.0 Å². The van der Waals surface area contributed by atoms with Gasteiger partial charge in [-0.25, -0.2) is 4.79 Å². The van der Waals surface area contributed by atoms with Gasteiger partial charge in [0.25, 0.3) is 0 Å². The molecule has 0 saturated carbocycles. The van der Waals surface area contributed by atoms with Gasteiger partial charge in [-0.05, 0) is 31.4 Å². The molecule has 0 aromatic carbocycles. The molecular formula is C17H28N4O2. The molecule has 1 aliphatic heterocycles. The van der Waals surface area contributed by atoms with Gasteiger partial charge in [-0.3, -0.25) is 9.88 Å². The number of aliphatic hydroxyl groups excluding tert-OH is 1. The third kappa shape index (κ3) is 5.18. The SMILES string of the molecule is CCN(CCO)C(=O)NC1CCN(Cc2ccccn2)CC1C. The maximum absolute atomic E-state index is 12.2. The Labute approximate surface area is 138 Å². The van der Waals surface area contributed by atoms with E-state index in [0.717, 1.165) is 31.7 Å². The molecule has 2 unspecified atom stereocenters. The number of pyridine rings is 1. The average Bonchev–Trinajstić information content (AvgIpc) is 2.56. The Morgan fingerprint density at radius 3 is 2.96 bits per heavy atom. The minimum Gasteiger partial charge on any atom is -0.395 e. The molecule has 0 spiro atoms. The third-order valence-corrected chi connectivity index (χ3v) is 4.45. The Balaban J connectivity index is 1.83. The summed E-state index contributed by atoms with van der Waals surface area (Å²) in [5, 5.41) is 12.1.